The van der Waals surface area contributed by atoms with E-state index in [1.807, 2.05) is 34.1 Å². The largest absolute Gasteiger partial charge is 0.472 e. The van der Waals surface area contributed by atoms with Gasteiger partial charge >= 0.3 is 7.82 Å². The van der Waals surface area contributed by atoms with Crippen LogP contribution in [0.4, 0.5) is 0 Å². The molecule has 0 saturated heterocycles. The van der Waals surface area contributed by atoms with Gasteiger partial charge in [0, 0.05) is 6.42 Å². The molecule has 0 aliphatic rings. The zero-order valence-corrected chi connectivity index (χ0v) is 32.9. The van der Waals surface area contributed by atoms with Gasteiger partial charge in [-0.1, -0.05) is 154 Å². The van der Waals surface area contributed by atoms with Crippen LogP contribution in [-0.4, -0.2) is 73.4 Å². The lowest BCUT2D eigenvalue weighted by Gasteiger charge is -2.25. The van der Waals surface area contributed by atoms with E-state index < -0.39 is 20.0 Å². The lowest BCUT2D eigenvalue weighted by molar-refractivity contribution is -0.870. The van der Waals surface area contributed by atoms with E-state index in [0.29, 0.717) is 23.9 Å². The van der Waals surface area contributed by atoms with Gasteiger partial charge in [-0.05, 0) is 32.1 Å². The number of nitrogens with zero attached hydrogens (tertiary/aromatic N) is 1. The lowest BCUT2D eigenvalue weighted by Crippen LogP contribution is -2.45. The van der Waals surface area contributed by atoms with E-state index >= 15 is 0 Å². The first kappa shape index (κ1) is 47.0. The van der Waals surface area contributed by atoms with Crippen molar-refractivity contribution >= 4 is 13.7 Å². The van der Waals surface area contributed by atoms with Crippen LogP contribution in [0.1, 0.15) is 168 Å². The highest BCUT2D eigenvalue weighted by molar-refractivity contribution is 7.47. The maximum absolute atomic E-state index is 12.3. The van der Waals surface area contributed by atoms with E-state index in [1.165, 1.54) is 122 Å². The predicted molar refractivity (Wildman–Crippen MR) is 203 cm³/mol. The molecule has 0 bridgehead atoms. The summed E-state index contributed by atoms with van der Waals surface area (Å²) in [5.41, 5.74) is 0. The van der Waals surface area contributed by atoms with E-state index in [0.717, 1.165) is 19.3 Å². The molecule has 3 unspecified atom stereocenters. The average Bonchev–Trinajstić information content (AvgIpc) is 3.02. The number of phosphoric acid groups is 1. The number of hydrogen-bond acceptors (Lipinski definition) is 5. The molecule has 0 aliphatic carbocycles. The van der Waals surface area contributed by atoms with Crippen molar-refractivity contribution < 1.29 is 32.9 Å². The number of unbranched alkanes of at least 4 members (excludes halogenated alkanes) is 20. The molecule has 0 radical (unpaired) electrons. The molecular formula is C39H78N2O6P+. The molecule has 0 aromatic heterocycles. The summed E-state index contributed by atoms with van der Waals surface area (Å²) >= 11 is 0. The Balaban J connectivity index is 3.93. The van der Waals surface area contributed by atoms with Gasteiger partial charge in [0.15, 0.2) is 0 Å². The minimum absolute atomic E-state index is 0.0552. The van der Waals surface area contributed by atoms with Crippen molar-refractivity contribution in [2.75, 3.05) is 40.9 Å². The lowest BCUT2D eigenvalue weighted by atomic mass is 10.0. The maximum Gasteiger partial charge on any atom is 0.472 e. The molecule has 48 heavy (non-hydrogen) atoms. The van der Waals surface area contributed by atoms with Crippen LogP contribution < -0.4 is 5.32 Å². The Morgan fingerprint density at radius 3 is 1.62 bits per heavy atom. The molecule has 9 heteroatoms. The van der Waals surface area contributed by atoms with Crippen molar-refractivity contribution in [3.8, 4) is 0 Å². The number of likely N-dealkylation sites (N-methyl/N-ethyl adjacent to an activating group) is 1. The second-order valence-corrected chi connectivity index (χ2v) is 16.1. The zero-order valence-electron chi connectivity index (χ0n) is 32.0. The van der Waals surface area contributed by atoms with Crippen molar-refractivity contribution in [2.24, 2.45) is 0 Å². The molecule has 0 aliphatic heterocycles. The number of carbonyl (C=O) groups is 1. The SMILES string of the molecule is CCCCCCCCCCCCCCCCCCCCC/C=C/CC/C=C/C(O)C(COP(=O)(O)OCC[N+](C)(C)C)NC(=O)CCC. The quantitative estimate of drug-likeness (QED) is 0.0263. The van der Waals surface area contributed by atoms with Gasteiger partial charge in [0.1, 0.15) is 13.2 Å². The van der Waals surface area contributed by atoms with Gasteiger partial charge in [0.2, 0.25) is 5.91 Å². The van der Waals surface area contributed by atoms with Crippen LogP contribution in [0.5, 0.6) is 0 Å². The van der Waals surface area contributed by atoms with Gasteiger partial charge in [-0.15, -0.1) is 0 Å². The molecule has 0 heterocycles. The van der Waals surface area contributed by atoms with Crippen LogP contribution in [0, 0.1) is 0 Å². The van der Waals surface area contributed by atoms with Crippen molar-refractivity contribution in [1.29, 1.82) is 0 Å². The number of aliphatic hydroxyl groups is 1. The molecule has 0 aromatic rings. The Morgan fingerprint density at radius 1 is 0.688 bits per heavy atom. The minimum Gasteiger partial charge on any atom is -0.387 e. The molecule has 0 spiro atoms. The van der Waals surface area contributed by atoms with Crippen LogP contribution in [0.3, 0.4) is 0 Å². The molecule has 0 fully saturated rings. The van der Waals surface area contributed by atoms with Gasteiger partial charge in [0.05, 0.1) is 39.9 Å². The van der Waals surface area contributed by atoms with Crippen LogP contribution in [0.15, 0.2) is 24.3 Å². The number of allylic oxidation sites excluding steroid dienone is 3. The number of amides is 1. The highest BCUT2D eigenvalue weighted by Crippen LogP contribution is 2.43. The van der Waals surface area contributed by atoms with Crippen LogP contribution in [0.2, 0.25) is 0 Å². The Bertz CT molecular complexity index is 845. The van der Waals surface area contributed by atoms with Crippen molar-refractivity contribution in [3.05, 3.63) is 24.3 Å². The topological polar surface area (TPSA) is 105 Å². The Morgan fingerprint density at radius 2 is 1.15 bits per heavy atom. The summed E-state index contributed by atoms with van der Waals surface area (Å²) < 4.78 is 23.1. The fourth-order valence-electron chi connectivity index (χ4n) is 5.51. The minimum atomic E-state index is -4.31. The summed E-state index contributed by atoms with van der Waals surface area (Å²) in [5, 5.41) is 13.4. The molecule has 3 atom stereocenters. The Kier molecular flexibility index (Phi) is 31.2. The van der Waals surface area contributed by atoms with Gasteiger partial charge in [-0.25, -0.2) is 4.57 Å². The first-order valence-electron chi connectivity index (χ1n) is 19.7. The summed E-state index contributed by atoms with van der Waals surface area (Å²) in [6, 6.07) is -0.854. The van der Waals surface area contributed by atoms with Gasteiger partial charge in [-0.2, -0.15) is 0 Å². The highest BCUT2D eigenvalue weighted by Gasteiger charge is 2.27. The number of rotatable bonds is 35. The molecular weight excluding hydrogens is 623 g/mol. The van der Waals surface area contributed by atoms with E-state index in [1.54, 1.807) is 6.08 Å². The van der Waals surface area contributed by atoms with Crippen molar-refractivity contribution in [3.63, 3.8) is 0 Å². The normalized spacial score (nSPS) is 14.9. The monoisotopic (exact) mass is 702 g/mol. The number of carbonyl (C=O) groups excluding carboxylic acids is 1. The fraction of sp³-hybridized carbons (Fsp3) is 0.872. The van der Waals surface area contributed by atoms with Crippen LogP contribution in [0.25, 0.3) is 0 Å². The third-order valence-corrected chi connectivity index (χ3v) is 9.63. The molecule has 3 N–H and O–H groups in total. The first-order valence-corrected chi connectivity index (χ1v) is 21.2. The standard InChI is InChI=1S/C39H77N2O6P/c1-6-8-9-10-11-12-13-14-15-16-17-18-19-20-21-22-23-24-25-26-27-28-29-30-31-33-38(42)37(40-39(43)32-7-2)36-47-48(44,45)46-35-34-41(3,4)5/h27-28,31,33,37-38,42H,6-26,29-30,32,34-36H2,1-5H3,(H-,40,43,44,45)/p+1/b28-27+,33-31+. The number of phosphoric ester groups is 1. The highest BCUT2D eigenvalue weighted by atomic mass is 31.2. The third kappa shape index (κ3) is 33.5. The summed E-state index contributed by atoms with van der Waals surface area (Å²) in [6.45, 7) is 4.43. The van der Waals surface area contributed by atoms with Crippen molar-refractivity contribution in [2.45, 2.75) is 180 Å². The first-order chi connectivity index (χ1) is 23.0. The Hall–Kier alpha value is -1.02. The number of hydrogen-bond donors (Lipinski definition) is 3. The van der Waals surface area contributed by atoms with E-state index in [2.05, 4.69) is 24.4 Å². The molecule has 1 amide bonds. The average molecular weight is 702 g/mol. The summed E-state index contributed by atoms with van der Waals surface area (Å²) in [4.78, 5) is 22.2. The zero-order chi connectivity index (χ0) is 35.8. The molecule has 8 nitrogen and oxygen atoms in total. The van der Waals surface area contributed by atoms with Crippen LogP contribution in [-0.2, 0) is 18.4 Å². The van der Waals surface area contributed by atoms with Crippen LogP contribution >= 0.6 is 7.82 Å². The molecule has 284 valence electrons. The Labute approximate surface area is 296 Å². The summed E-state index contributed by atoms with van der Waals surface area (Å²) in [7, 11) is 1.55. The van der Waals surface area contributed by atoms with E-state index in [9.17, 15) is 19.4 Å². The third-order valence-electron chi connectivity index (χ3n) is 8.64. The maximum atomic E-state index is 12.3. The fourth-order valence-corrected chi connectivity index (χ4v) is 6.25. The van der Waals surface area contributed by atoms with Gasteiger partial charge in [0.25, 0.3) is 0 Å². The van der Waals surface area contributed by atoms with E-state index in [-0.39, 0.29) is 19.1 Å². The number of nitrogens with one attached hydrogen (secondary N) is 1. The van der Waals surface area contributed by atoms with E-state index in [4.69, 9.17) is 9.05 Å². The number of aliphatic hydroxyl groups excluding tert-OH is 1. The molecule has 0 rings (SSSR count). The number of quaternary nitrogens is 1. The molecule has 0 aromatic carbocycles. The van der Waals surface area contributed by atoms with Gasteiger partial charge in [-0.3, -0.25) is 13.8 Å². The summed E-state index contributed by atoms with van der Waals surface area (Å²) in [6.07, 6.45) is 37.1. The smallest absolute Gasteiger partial charge is 0.387 e. The van der Waals surface area contributed by atoms with Gasteiger partial charge < -0.3 is 19.8 Å². The predicted octanol–water partition coefficient (Wildman–Crippen LogP) is 10.2. The second-order valence-electron chi connectivity index (χ2n) is 14.7. The van der Waals surface area contributed by atoms with Crippen molar-refractivity contribution in [1.82, 2.24) is 5.32 Å². The second kappa shape index (κ2) is 31.9. The summed E-state index contributed by atoms with van der Waals surface area (Å²) in [5.74, 6) is -0.241. The molecule has 0 saturated carbocycles.